The number of rotatable bonds is 6. The van der Waals surface area contributed by atoms with Crippen molar-refractivity contribution in [1.29, 1.82) is 0 Å². The van der Waals surface area contributed by atoms with Crippen molar-refractivity contribution < 1.29 is 9.84 Å². The molecule has 1 aromatic carbocycles. The monoisotopic (exact) mass is 246 g/mol. The summed E-state index contributed by atoms with van der Waals surface area (Å²) in [7, 11) is 0. The molecular formula is C14H18N2O2. The first-order chi connectivity index (χ1) is 8.81. The fourth-order valence-electron chi connectivity index (χ4n) is 1.89. The molecule has 0 aliphatic heterocycles. The third-order valence-electron chi connectivity index (χ3n) is 2.71. The van der Waals surface area contributed by atoms with Crippen LogP contribution in [0.15, 0.2) is 36.5 Å². The maximum atomic E-state index is 9.44. The van der Waals surface area contributed by atoms with Crippen molar-refractivity contribution in [2.45, 2.75) is 19.8 Å². The van der Waals surface area contributed by atoms with Crippen LogP contribution in [0.4, 0.5) is 0 Å². The first-order valence-corrected chi connectivity index (χ1v) is 6.14. The Morgan fingerprint density at radius 3 is 3.00 bits per heavy atom. The summed E-state index contributed by atoms with van der Waals surface area (Å²) >= 11 is 0. The van der Waals surface area contributed by atoms with Crippen molar-refractivity contribution in [2.75, 3.05) is 13.2 Å². The van der Waals surface area contributed by atoms with E-state index in [0.717, 1.165) is 16.5 Å². The lowest BCUT2D eigenvalue weighted by Crippen LogP contribution is -2.28. The van der Waals surface area contributed by atoms with Crippen molar-refractivity contribution in [1.82, 2.24) is 10.3 Å². The van der Waals surface area contributed by atoms with E-state index in [1.165, 1.54) is 0 Å². The van der Waals surface area contributed by atoms with E-state index in [2.05, 4.69) is 10.3 Å². The Labute approximate surface area is 107 Å². The minimum absolute atomic E-state index is 0.414. The van der Waals surface area contributed by atoms with Crippen LogP contribution in [0.3, 0.4) is 0 Å². The van der Waals surface area contributed by atoms with Crippen molar-refractivity contribution in [3.63, 3.8) is 0 Å². The van der Waals surface area contributed by atoms with Gasteiger partial charge < -0.3 is 15.2 Å². The Bertz CT molecular complexity index is 497. The normalized spacial score (nSPS) is 12.8. The molecular weight excluding hydrogens is 228 g/mol. The number of hydrogen-bond acceptors (Lipinski definition) is 4. The van der Waals surface area contributed by atoms with Gasteiger partial charge in [0.25, 0.3) is 0 Å². The number of nitrogens with zero attached hydrogens (tertiary/aromatic N) is 1. The van der Waals surface area contributed by atoms with Crippen LogP contribution in [0.1, 0.15) is 12.5 Å². The quantitative estimate of drug-likeness (QED) is 0.761. The van der Waals surface area contributed by atoms with Crippen LogP contribution in [-0.2, 0) is 11.3 Å². The molecule has 18 heavy (non-hydrogen) atoms. The summed E-state index contributed by atoms with van der Waals surface area (Å²) in [6.07, 6.45) is 1.04. The summed E-state index contributed by atoms with van der Waals surface area (Å²) in [6, 6.07) is 10.1. The van der Waals surface area contributed by atoms with Gasteiger partial charge in [0.05, 0.1) is 5.52 Å². The summed E-state index contributed by atoms with van der Waals surface area (Å²) < 4.78 is 5.04. The molecule has 1 atom stereocenters. The van der Waals surface area contributed by atoms with Crippen LogP contribution in [0.2, 0.25) is 0 Å². The van der Waals surface area contributed by atoms with Gasteiger partial charge in [-0.25, -0.2) is 0 Å². The average Bonchev–Trinajstić information content (AvgIpc) is 2.39. The van der Waals surface area contributed by atoms with Crippen molar-refractivity contribution in [3.05, 3.63) is 42.1 Å². The highest BCUT2D eigenvalue weighted by Crippen LogP contribution is 2.15. The number of para-hydroxylation sites is 1. The van der Waals surface area contributed by atoms with E-state index < -0.39 is 6.29 Å². The lowest BCUT2D eigenvalue weighted by molar-refractivity contribution is -0.0914. The number of aliphatic hydroxyl groups excluding tert-OH is 1. The van der Waals surface area contributed by atoms with Gasteiger partial charge in [0.2, 0.25) is 0 Å². The maximum absolute atomic E-state index is 9.44. The van der Waals surface area contributed by atoms with Gasteiger partial charge in [-0.1, -0.05) is 24.3 Å². The molecule has 1 unspecified atom stereocenters. The number of fused-ring (bicyclic) bond motifs is 1. The van der Waals surface area contributed by atoms with E-state index in [1.807, 2.05) is 37.3 Å². The summed E-state index contributed by atoms with van der Waals surface area (Å²) in [4.78, 5) is 4.38. The molecule has 96 valence electrons. The zero-order chi connectivity index (χ0) is 12.8. The molecule has 2 rings (SSSR count). The Kier molecular flexibility index (Phi) is 4.64. The van der Waals surface area contributed by atoms with Gasteiger partial charge in [-0.15, -0.1) is 0 Å². The molecule has 1 heterocycles. The Morgan fingerprint density at radius 1 is 1.33 bits per heavy atom. The summed E-state index contributed by atoms with van der Waals surface area (Å²) in [5.41, 5.74) is 2.12. The molecule has 1 aromatic heterocycles. The SMILES string of the molecule is CCOC(O)CNCc1cccc2cccnc12. The second-order valence-electron chi connectivity index (χ2n) is 4.03. The molecule has 0 spiro atoms. The predicted octanol–water partition coefficient (Wildman–Crippen LogP) is 1.68. The zero-order valence-corrected chi connectivity index (χ0v) is 10.5. The van der Waals surface area contributed by atoms with Crippen LogP contribution in [0.5, 0.6) is 0 Å². The van der Waals surface area contributed by atoms with Crippen molar-refractivity contribution in [3.8, 4) is 0 Å². The Hall–Kier alpha value is -1.49. The van der Waals surface area contributed by atoms with E-state index in [0.29, 0.717) is 19.7 Å². The summed E-state index contributed by atoms with van der Waals surface area (Å²) in [5.74, 6) is 0. The third kappa shape index (κ3) is 3.26. The highest BCUT2D eigenvalue weighted by atomic mass is 16.6. The van der Waals surface area contributed by atoms with Gasteiger partial charge in [0.15, 0.2) is 6.29 Å². The van der Waals surface area contributed by atoms with E-state index in [1.54, 1.807) is 6.20 Å². The van der Waals surface area contributed by atoms with Gasteiger partial charge in [-0.05, 0) is 18.6 Å². The first-order valence-electron chi connectivity index (χ1n) is 6.14. The van der Waals surface area contributed by atoms with Gasteiger partial charge in [0.1, 0.15) is 0 Å². The number of pyridine rings is 1. The number of ether oxygens (including phenoxy) is 1. The van der Waals surface area contributed by atoms with E-state index >= 15 is 0 Å². The van der Waals surface area contributed by atoms with Crippen LogP contribution in [0, 0.1) is 0 Å². The van der Waals surface area contributed by atoms with E-state index in [9.17, 15) is 5.11 Å². The molecule has 4 heteroatoms. The van der Waals surface area contributed by atoms with Gasteiger partial charge >= 0.3 is 0 Å². The molecule has 0 amide bonds. The van der Waals surface area contributed by atoms with Crippen LogP contribution < -0.4 is 5.32 Å². The summed E-state index contributed by atoms with van der Waals surface area (Å²) in [5, 5.41) is 13.7. The molecule has 0 fully saturated rings. The van der Waals surface area contributed by atoms with Crippen LogP contribution in [0.25, 0.3) is 10.9 Å². The van der Waals surface area contributed by atoms with E-state index in [4.69, 9.17) is 4.74 Å². The largest absolute Gasteiger partial charge is 0.367 e. The first kappa shape index (κ1) is 13.0. The fourth-order valence-corrected chi connectivity index (χ4v) is 1.89. The maximum Gasteiger partial charge on any atom is 0.167 e. The third-order valence-corrected chi connectivity index (χ3v) is 2.71. The lowest BCUT2D eigenvalue weighted by atomic mass is 10.1. The van der Waals surface area contributed by atoms with Crippen molar-refractivity contribution in [2.24, 2.45) is 0 Å². The topological polar surface area (TPSA) is 54.4 Å². The minimum atomic E-state index is -0.752. The number of nitrogens with one attached hydrogen (secondary N) is 1. The standard InChI is InChI=1S/C14H18N2O2/c1-2-18-13(17)10-15-9-12-6-3-5-11-7-4-8-16-14(11)12/h3-8,13,15,17H,2,9-10H2,1H3. The molecule has 2 aromatic rings. The molecule has 4 nitrogen and oxygen atoms in total. The lowest BCUT2D eigenvalue weighted by Gasteiger charge is -2.12. The summed E-state index contributed by atoms with van der Waals surface area (Å²) in [6.45, 7) is 3.45. The Morgan fingerprint density at radius 2 is 2.17 bits per heavy atom. The molecule has 0 bridgehead atoms. The molecule has 0 saturated carbocycles. The predicted molar refractivity (Wildman–Crippen MR) is 71.1 cm³/mol. The van der Waals surface area contributed by atoms with Gasteiger partial charge in [-0.3, -0.25) is 4.98 Å². The highest BCUT2D eigenvalue weighted by molar-refractivity contribution is 5.81. The van der Waals surface area contributed by atoms with Gasteiger partial charge in [-0.2, -0.15) is 0 Å². The molecule has 0 aliphatic rings. The fraction of sp³-hybridized carbons (Fsp3) is 0.357. The number of aromatic nitrogens is 1. The van der Waals surface area contributed by atoms with E-state index in [-0.39, 0.29) is 0 Å². The number of benzene rings is 1. The molecule has 2 N–H and O–H groups in total. The average molecular weight is 246 g/mol. The van der Waals surface area contributed by atoms with Gasteiger partial charge in [0, 0.05) is 31.3 Å². The molecule has 0 saturated heterocycles. The minimum Gasteiger partial charge on any atom is -0.367 e. The Balaban J connectivity index is 1.99. The van der Waals surface area contributed by atoms with Crippen LogP contribution in [-0.4, -0.2) is 29.5 Å². The highest BCUT2D eigenvalue weighted by Gasteiger charge is 2.04. The molecule has 0 aliphatic carbocycles. The second-order valence-corrected chi connectivity index (χ2v) is 4.03. The number of aliphatic hydroxyl groups is 1. The zero-order valence-electron chi connectivity index (χ0n) is 10.5. The van der Waals surface area contributed by atoms with Crippen molar-refractivity contribution >= 4 is 10.9 Å². The second kappa shape index (κ2) is 6.44. The smallest absolute Gasteiger partial charge is 0.167 e. The number of hydrogen-bond donors (Lipinski definition) is 2. The molecule has 0 radical (unpaired) electrons. The van der Waals surface area contributed by atoms with Crippen LogP contribution >= 0.6 is 0 Å².